The fourth-order valence-corrected chi connectivity index (χ4v) is 5.89. The number of hydrogen-bond donors (Lipinski definition) is 1. The van der Waals surface area contributed by atoms with Crippen LogP contribution in [0.5, 0.6) is 0 Å². The molecule has 0 amide bonds. The van der Waals surface area contributed by atoms with Gasteiger partial charge < -0.3 is 9.72 Å². The Morgan fingerprint density at radius 3 is 2.71 bits per heavy atom. The number of aromatic nitrogens is 5. The summed E-state index contributed by atoms with van der Waals surface area (Å²) >= 11 is 0. The highest BCUT2D eigenvalue weighted by molar-refractivity contribution is 5.79. The van der Waals surface area contributed by atoms with Crippen LogP contribution in [0.25, 0.3) is 10.9 Å². The Labute approximate surface area is 207 Å². The van der Waals surface area contributed by atoms with E-state index in [0.717, 1.165) is 66.7 Å². The van der Waals surface area contributed by atoms with Gasteiger partial charge in [-0.3, -0.25) is 9.69 Å². The van der Waals surface area contributed by atoms with Crippen molar-refractivity contribution in [3.05, 3.63) is 51.6 Å². The highest BCUT2D eigenvalue weighted by atomic mass is 16.5. The van der Waals surface area contributed by atoms with Gasteiger partial charge in [-0.15, -0.1) is 5.10 Å². The number of aromatic amines is 1. The molecule has 1 saturated heterocycles. The van der Waals surface area contributed by atoms with E-state index in [1.54, 1.807) is 0 Å². The molecule has 8 nitrogen and oxygen atoms in total. The van der Waals surface area contributed by atoms with Crippen molar-refractivity contribution in [2.45, 2.75) is 90.4 Å². The van der Waals surface area contributed by atoms with Crippen LogP contribution in [-0.4, -0.2) is 49.3 Å². The third-order valence-electron chi connectivity index (χ3n) is 7.64. The molecule has 0 radical (unpaired) electrons. The average Bonchev–Trinajstić information content (AvgIpc) is 3.53. The van der Waals surface area contributed by atoms with E-state index in [1.165, 1.54) is 19.3 Å². The lowest BCUT2D eigenvalue weighted by atomic mass is 9.94. The fourth-order valence-electron chi connectivity index (χ4n) is 5.89. The molecule has 188 valence electrons. The second kappa shape index (κ2) is 10.6. The molecule has 2 atom stereocenters. The van der Waals surface area contributed by atoms with Gasteiger partial charge in [-0.1, -0.05) is 45.2 Å². The Morgan fingerprint density at radius 2 is 1.97 bits per heavy atom. The molecule has 3 aromatic rings. The first-order chi connectivity index (χ1) is 17.0. The summed E-state index contributed by atoms with van der Waals surface area (Å²) in [6.45, 7) is 8.57. The van der Waals surface area contributed by atoms with Crippen LogP contribution in [0.4, 0.5) is 0 Å². The summed E-state index contributed by atoms with van der Waals surface area (Å²) < 4.78 is 8.13. The molecule has 0 unspecified atom stereocenters. The second-order valence-electron chi connectivity index (χ2n) is 10.7. The zero-order valence-corrected chi connectivity index (χ0v) is 21.2. The van der Waals surface area contributed by atoms with Crippen LogP contribution >= 0.6 is 0 Å². The van der Waals surface area contributed by atoms with Crippen LogP contribution in [0.15, 0.2) is 29.1 Å². The zero-order chi connectivity index (χ0) is 24.4. The lowest BCUT2D eigenvalue weighted by Gasteiger charge is -2.36. The largest absolute Gasteiger partial charge is 0.377 e. The maximum atomic E-state index is 13.2. The van der Waals surface area contributed by atoms with Crippen LogP contribution in [0.1, 0.15) is 87.8 Å². The first-order valence-corrected chi connectivity index (χ1v) is 13.3. The van der Waals surface area contributed by atoms with Crippen molar-refractivity contribution >= 4 is 10.9 Å². The van der Waals surface area contributed by atoms with Gasteiger partial charge in [0.2, 0.25) is 0 Å². The Kier molecular flexibility index (Phi) is 7.29. The smallest absolute Gasteiger partial charge is 0.252 e. The molecule has 0 spiro atoms. The Balaban J connectivity index is 1.51. The molecule has 35 heavy (non-hydrogen) atoms. The van der Waals surface area contributed by atoms with E-state index >= 15 is 0 Å². The summed E-state index contributed by atoms with van der Waals surface area (Å²) in [6.07, 6.45) is 8.28. The molecule has 1 N–H and O–H groups in total. The van der Waals surface area contributed by atoms with Gasteiger partial charge in [0.1, 0.15) is 0 Å². The van der Waals surface area contributed by atoms with Gasteiger partial charge in [0.15, 0.2) is 5.82 Å². The van der Waals surface area contributed by atoms with Gasteiger partial charge in [0.25, 0.3) is 5.56 Å². The number of pyridine rings is 1. The van der Waals surface area contributed by atoms with Crippen LogP contribution in [0.3, 0.4) is 0 Å². The normalized spacial score (nSPS) is 20.3. The third-order valence-corrected chi connectivity index (χ3v) is 7.64. The van der Waals surface area contributed by atoms with E-state index in [1.807, 2.05) is 19.1 Å². The number of fused-ring (bicyclic) bond motifs is 1. The van der Waals surface area contributed by atoms with Gasteiger partial charge >= 0.3 is 0 Å². The van der Waals surface area contributed by atoms with Crippen molar-refractivity contribution in [1.82, 2.24) is 30.1 Å². The minimum absolute atomic E-state index is 0.00996. The maximum absolute atomic E-state index is 13.2. The Morgan fingerprint density at radius 1 is 1.14 bits per heavy atom. The van der Waals surface area contributed by atoms with Crippen molar-refractivity contribution in [1.29, 1.82) is 0 Å². The van der Waals surface area contributed by atoms with Crippen molar-refractivity contribution < 1.29 is 4.74 Å². The maximum Gasteiger partial charge on any atom is 0.252 e. The molecule has 2 aliphatic rings. The van der Waals surface area contributed by atoms with Gasteiger partial charge in [-0.05, 0) is 72.0 Å². The van der Waals surface area contributed by atoms with Crippen LogP contribution in [0, 0.1) is 12.8 Å². The lowest BCUT2D eigenvalue weighted by molar-refractivity contribution is 0.0375. The zero-order valence-electron chi connectivity index (χ0n) is 21.2. The molecule has 1 aliphatic carbocycles. The van der Waals surface area contributed by atoms with Gasteiger partial charge in [-0.25, -0.2) is 4.68 Å². The SMILES string of the molecule is Cc1ccc2cc(CN(C[C@H]3CCCO3)[C@@H](c3nnnn3C3CCCCC3)C(C)C)c(=O)[nH]c2c1. The topological polar surface area (TPSA) is 88.9 Å². The Hall–Kier alpha value is -2.58. The number of nitrogens with zero attached hydrogens (tertiary/aromatic N) is 5. The van der Waals surface area contributed by atoms with Gasteiger partial charge in [0, 0.05) is 30.8 Å². The molecule has 2 fully saturated rings. The fraction of sp³-hybridized carbons (Fsp3) is 0.630. The molecule has 1 saturated carbocycles. The first-order valence-electron chi connectivity index (χ1n) is 13.3. The molecule has 1 aromatic carbocycles. The monoisotopic (exact) mass is 478 g/mol. The number of nitrogens with one attached hydrogen (secondary N) is 1. The predicted molar refractivity (Wildman–Crippen MR) is 136 cm³/mol. The van der Waals surface area contributed by atoms with Gasteiger partial charge in [-0.2, -0.15) is 0 Å². The summed E-state index contributed by atoms with van der Waals surface area (Å²) in [5, 5.41) is 14.2. The van der Waals surface area contributed by atoms with Gasteiger partial charge in [0.05, 0.1) is 18.2 Å². The Bertz CT molecular complexity index is 1190. The number of rotatable bonds is 8. The van der Waals surface area contributed by atoms with Crippen LogP contribution in [-0.2, 0) is 11.3 Å². The number of H-pyrrole nitrogens is 1. The summed E-state index contributed by atoms with van der Waals surface area (Å²) in [5.41, 5.74) is 2.75. The summed E-state index contributed by atoms with van der Waals surface area (Å²) in [5.74, 6) is 1.18. The van der Waals surface area contributed by atoms with Crippen molar-refractivity contribution in [2.75, 3.05) is 13.2 Å². The number of aryl methyl sites for hydroxylation is 1. The summed E-state index contributed by atoms with van der Waals surface area (Å²) in [4.78, 5) is 18.6. The average molecular weight is 479 g/mol. The van der Waals surface area contributed by atoms with E-state index in [9.17, 15) is 4.79 Å². The van der Waals surface area contributed by atoms with Crippen molar-refractivity contribution in [2.24, 2.45) is 5.92 Å². The number of benzene rings is 1. The standard InChI is InChI=1S/C27H38N6O2/c1-18(2)25(26-29-30-31-33(26)22-8-5-4-6-9-22)32(17-23-10-7-13-35-23)16-21-15-20-12-11-19(3)14-24(20)28-27(21)34/h11-12,14-15,18,22-23,25H,4-10,13,16-17H2,1-3H3,(H,28,34)/t23-,25-/m1/s1. The summed E-state index contributed by atoms with van der Waals surface area (Å²) in [6, 6.07) is 8.58. The highest BCUT2D eigenvalue weighted by Gasteiger charge is 2.34. The molecule has 5 rings (SSSR count). The van der Waals surface area contributed by atoms with Crippen molar-refractivity contribution in [3.63, 3.8) is 0 Å². The van der Waals surface area contributed by atoms with E-state index < -0.39 is 0 Å². The number of ether oxygens (including phenoxy) is 1. The third kappa shape index (κ3) is 5.33. The van der Waals surface area contributed by atoms with Crippen LogP contribution in [0.2, 0.25) is 0 Å². The minimum atomic E-state index is -0.0326. The van der Waals surface area contributed by atoms with E-state index in [-0.39, 0.29) is 23.6 Å². The molecule has 1 aliphatic heterocycles. The van der Waals surface area contributed by atoms with E-state index in [2.05, 4.69) is 56.1 Å². The van der Waals surface area contributed by atoms with Crippen molar-refractivity contribution in [3.8, 4) is 0 Å². The molecule has 0 bridgehead atoms. The predicted octanol–water partition coefficient (Wildman–Crippen LogP) is 4.71. The first kappa shape index (κ1) is 24.1. The summed E-state index contributed by atoms with van der Waals surface area (Å²) in [7, 11) is 0. The van der Waals surface area contributed by atoms with E-state index in [0.29, 0.717) is 12.6 Å². The molecule has 2 aromatic heterocycles. The molecule has 3 heterocycles. The molecule has 8 heteroatoms. The van der Waals surface area contributed by atoms with Crippen LogP contribution < -0.4 is 5.56 Å². The highest BCUT2D eigenvalue weighted by Crippen LogP contribution is 2.34. The number of hydrogen-bond acceptors (Lipinski definition) is 6. The quantitative estimate of drug-likeness (QED) is 0.505. The molecular weight excluding hydrogens is 440 g/mol. The van der Waals surface area contributed by atoms with E-state index in [4.69, 9.17) is 4.74 Å². The molecular formula is C27H38N6O2. The lowest BCUT2D eigenvalue weighted by Crippen LogP contribution is -2.40. The second-order valence-corrected chi connectivity index (χ2v) is 10.7. The number of tetrazole rings is 1. The minimum Gasteiger partial charge on any atom is -0.377 e.